The van der Waals surface area contributed by atoms with Gasteiger partial charge in [-0.3, -0.25) is 4.79 Å². The second kappa shape index (κ2) is 8.58. The molecule has 0 rings (SSSR count). The van der Waals surface area contributed by atoms with Crippen molar-refractivity contribution in [1.29, 1.82) is 0 Å². The lowest BCUT2D eigenvalue weighted by atomic mass is 10.2. The van der Waals surface area contributed by atoms with Crippen LogP contribution in [0.25, 0.3) is 0 Å². The number of unbranched alkanes of at least 4 members (excludes halogenated alkanes) is 3. The van der Waals surface area contributed by atoms with Gasteiger partial charge in [0.2, 0.25) is 0 Å². The molecule has 80 valence electrons. The van der Waals surface area contributed by atoms with Gasteiger partial charge in [-0.25, -0.2) is 0 Å². The first kappa shape index (κ1) is 13.0. The van der Waals surface area contributed by atoms with Gasteiger partial charge in [0.05, 0.1) is 6.61 Å². The van der Waals surface area contributed by atoms with Crippen LogP contribution >= 0.6 is 0 Å². The van der Waals surface area contributed by atoms with Crippen LogP contribution in [0.2, 0.25) is 0 Å². The molecule has 2 N–H and O–H groups in total. The molecule has 1 unspecified atom stereocenters. The summed E-state index contributed by atoms with van der Waals surface area (Å²) in [4.78, 5) is 11.1. The fourth-order valence-electron chi connectivity index (χ4n) is 1.02. The highest BCUT2D eigenvalue weighted by Gasteiger charge is 2.12. The van der Waals surface area contributed by atoms with Crippen LogP contribution in [0.1, 0.15) is 39.0 Å². The normalized spacial score (nSPS) is 11.8. The van der Waals surface area contributed by atoms with Gasteiger partial charge < -0.3 is 10.5 Å². The van der Waals surface area contributed by atoms with E-state index in [2.05, 4.69) is 12.8 Å². The van der Waals surface area contributed by atoms with Crippen LogP contribution in [0, 0.1) is 12.3 Å². The third kappa shape index (κ3) is 6.50. The summed E-state index contributed by atoms with van der Waals surface area (Å²) in [5.41, 5.74) is 5.45. The van der Waals surface area contributed by atoms with Gasteiger partial charge in [-0.15, -0.1) is 12.3 Å². The molecule has 0 radical (unpaired) electrons. The van der Waals surface area contributed by atoms with E-state index in [1.807, 2.05) is 0 Å². The van der Waals surface area contributed by atoms with Crippen molar-refractivity contribution in [3.05, 3.63) is 0 Å². The molecule has 0 amide bonds. The summed E-state index contributed by atoms with van der Waals surface area (Å²) in [6.45, 7) is 2.59. The third-order valence-corrected chi connectivity index (χ3v) is 1.88. The van der Waals surface area contributed by atoms with Crippen LogP contribution in [0.3, 0.4) is 0 Å². The minimum Gasteiger partial charge on any atom is -0.465 e. The fraction of sp³-hybridized carbons (Fsp3) is 0.727. The van der Waals surface area contributed by atoms with E-state index < -0.39 is 6.04 Å². The highest BCUT2D eigenvalue weighted by Crippen LogP contribution is 2.00. The fourth-order valence-corrected chi connectivity index (χ4v) is 1.02. The second-order valence-electron chi connectivity index (χ2n) is 3.24. The first-order valence-electron chi connectivity index (χ1n) is 5.08. The van der Waals surface area contributed by atoms with Gasteiger partial charge in [-0.2, -0.15) is 0 Å². The van der Waals surface area contributed by atoms with Gasteiger partial charge in [0.1, 0.15) is 6.04 Å². The van der Waals surface area contributed by atoms with E-state index in [0.29, 0.717) is 6.61 Å². The SMILES string of the molecule is C#CCC(N)C(=O)OCCCCCC. The number of ether oxygens (including phenoxy) is 1. The van der Waals surface area contributed by atoms with Crippen LogP contribution in [-0.2, 0) is 9.53 Å². The minimum absolute atomic E-state index is 0.244. The molecule has 3 nitrogen and oxygen atoms in total. The summed E-state index contributed by atoms with van der Waals surface area (Å²) < 4.78 is 4.94. The number of terminal acetylenes is 1. The van der Waals surface area contributed by atoms with Crippen molar-refractivity contribution < 1.29 is 9.53 Å². The molecule has 3 heteroatoms. The van der Waals surface area contributed by atoms with Crippen molar-refractivity contribution in [3.63, 3.8) is 0 Å². The van der Waals surface area contributed by atoms with Crippen LogP contribution in [0.5, 0.6) is 0 Å². The first-order chi connectivity index (χ1) is 6.72. The zero-order valence-electron chi connectivity index (χ0n) is 8.79. The molecule has 0 fully saturated rings. The topological polar surface area (TPSA) is 52.3 Å². The Kier molecular flexibility index (Phi) is 7.96. The number of esters is 1. The van der Waals surface area contributed by atoms with Gasteiger partial charge in [0, 0.05) is 6.42 Å². The Bertz CT molecular complexity index is 196. The molecule has 0 bridgehead atoms. The summed E-state index contributed by atoms with van der Waals surface area (Å²) >= 11 is 0. The quantitative estimate of drug-likeness (QED) is 0.382. The Labute approximate surface area is 86.0 Å². The molecule has 14 heavy (non-hydrogen) atoms. The molecule has 0 aliphatic heterocycles. The predicted molar refractivity (Wildman–Crippen MR) is 56.5 cm³/mol. The summed E-state index contributed by atoms with van der Waals surface area (Å²) in [5.74, 6) is 1.94. The van der Waals surface area contributed by atoms with Crippen molar-refractivity contribution in [2.24, 2.45) is 5.73 Å². The lowest BCUT2D eigenvalue weighted by Crippen LogP contribution is -2.32. The van der Waals surface area contributed by atoms with Crippen LogP contribution in [0.15, 0.2) is 0 Å². The van der Waals surface area contributed by atoms with E-state index in [1.165, 1.54) is 12.8 Å². The number of carbonyl (C=O) groups excluding carboxylic acids is 1. The second-order valence-corrected chi connectivity index (χ2v) is 3.24. The van der Waals surface area contributed by atoms with Crippen LogP contribution < -0.4 is 5.73 Å². The highest BCUT2D eigenvalue weighted by atomic mass is 16.5. The lowest BCUT2D eigenvalue weighted by molar-refractivity contribution is -0.145. The van der Waals surface area contributed by atoms with E-state index in [0.717, 1.165) is 12.8 Å². The standard InChI is InChI=1S/C11H19NO2/c1-3-5-6-7-9-14-11(13)10(12)8-4-2/h2,10H,3,5-9,12H2,1H3. The number of carbonyl (C=O) groups is 1. The van der Waals surface area contributed by atoms with E-state index in [1.54, 1.807) is 0 Å². The largest absolute Gasteiger partial charge is 0.465 e. The Morgan fingerprint density at radius 2 is 2.21 bits per heavy atom. The first-order valence-corrected chi connectivity index (χ1v) is 5.08. The van der Waals surface area contributed by atoms with Crippen LogP contribution in [-0.4, -0.2) is 18.6 Å². The molecule has 0 heterocycles. The van der Waals surface area contributed by atoms with Crippen molar-refractivity contribution in [2.75, 3.05) is 6.61 Å². The average molecular weight is 197 g/mol. The lowest BCUT2D eigenvalue weighted by Gasteiger charge is -2.08. The number of nitrogens with two attached hydrogens (primary N) is 1. The molecule has 0 aromatic carbocycles. The Balaban J connectivity index is 3.40. The summed E-state index contributed by atoms with van der Waals surface area (Å²) in [6, 6.07) is -0.661. The molecule has 0 spiro atoms. The predicted octanol–water partition coefficient (Wildman–Crippen LogP) is 1.46. The van der Waals surface area contributed by atoms with E-state index in [4.69, 9.17) is 16.9 Å². The van der Waals surface area contributed by atoms with Gasteiger partial charge in [0.25, 0.3) is 0 Å². The van der Waals surface area contributed by atoms with Gasteiger partial charge in [-0.1, -0.05) is 26.2 Å². The summed E-state index contributed by atoms with van der Waals surface area (Å²) in [7, 11) is 0. The molecular weight excluding hydrogens is 178 g/mol. The third-order valence-electron chi connectivity index (χ3n) is 1.88. The molecule has 1 atom stereocenters. The van der Waals surface area contributed by atoms with Crippen molar-refractivity contribution in [2.45, 2.75) is 45.1 Å². The van der Waals surface area contributed by atoms with Crippen molar-refractivity contribution in [1.82, 2.24) is 0 Å². The molecule has 0 aromatic rings. The van der Waals surface area contributed by atoms with Crippen molar-refractivity contribution >= 4 is 5.97 Å². The molecule has 0 aliphatic rings. The molecule has 0 aliphatic carbocycles. The summed E-state index contributed by atoms with van der Waals surface area (Å²) in [5, 5.41) is 0. The molecular formula is C11H19NO2. The number of rotatable bonds is 7. The minimum atomic E-state index is -0.661. The Morgan fingerprint density at radius 1 is 1.50 bits per heavy atom. The zero-order chi connectivity index (χ0) is 10.8. The van der Waals surface area contributed by atoms with E-state index in [-0.39, 0.29) is 12.4 Å². The Hall–Kier alpha value is -1.01. The maximum absolute atomic E-state index is 11.1. The van der Waals surface area contributed by atoms with Crippen molar-refractivity contribution in [3.8, 4) is 12.3 Å². The van der Waals surface area contributed by atoms with Crippen LogP contribution in [0.4, 0.5) is 0 Å². The van der Waals surface area contributed by atoms with E-state index >= 15 is 0 Å². The van der Waals surface area contributed by atoms with Gasteiger partial charge in [0.15, 0.2) is 0 Å². The maximum Gasteiger partial charge on any atom is 0.323 e. The molecule has 0 aromatic heterocycles. The van der Waals surface area contributed by atoms with Gasteiger partial charge in [-0.05, 0) is 6.42 Å². The Morgan fingerprint density at radius 3 is 2.79 bits per heavy atom. The monoisotopic (exact) mass is 197 g/mol. The molecule has 0 saturated heterocycles. The number of hydrogen-bond donors (Lipinski definition) is 1. The maximum atomic E-state index is 11.1. The van der Waals surface area contributed by atoms with Gasteiger partial charge >= 0.3 is 5.97 Å². The smallest absolute Gasteiger partial charge is 0.323 e. The number of hydrogen-bond acceptors (Lipinski definition) is 3. The molecule has 0 saturated carbocycles. The average Bonchev–Trinajstić information content (AvgIpc) is 2.17. The summed E-state index contributed by atoms with van der Waals surface area (Å²) in [6.07, 6.45) is 9.61. The highest BCUT2D eigenvalue weighted by molar-refractivity contribution is 5.75. The van der Waals surface area contributed by atoms with E-state index in [9.17, 15) is 4.79 Å². The zero-order valence-corrected chi connectivity index (χ0v) is 8.79.